The maximum absolute atomic E-state index is 11.3. The molecule has 2 atom stereocenters. The van der Waals surface area contributed by atoms with Gasteiger partial charge in [-0.05, 0) is 19.8 Å². The summed E-state index contributed by atoms with van der Waals surface area (Å²) in [5.41, 5.74) is 0. The predicted molar refractivity (Wildman–Crippen MR) is 49.4 cm³/mol. The quantitative estimate of drug-likeness (QED) is 0.630. The average Bonchev–Trinajstić information content (AvgIpc) is 2.18. The molecule has 0 heterocycles. The van der Waals surface area contributed by atoms with Gasteiger partial charge in [0.15, 0.2) is 0 Å². The zero-order chi connectivity index (χ0) is 9.68. The highest BCUT2D eigenvalue weighted by atomic mass is 16.5. The number of rotatable bonds is 3. The monoisotopic (exact) mass is 186 g/mol. The van der Waals surface area contributed by atoms with Crippen LogP contribution in [0.5, 0.6) is 0 Å². The highest BCUT2D eigenvalue weighted by molar-refractivity contribution is 5.73. The third-order valence-corrected chi connectivity index (χ3v) is 2.59. The lowest BCUT2D eigenvalue weighted by Crippen LogP contribution is -2.34. The van der Waals surface area contributed by atoms with Crippen LogP contribution in [-0.4, -0.2) is 25.8 Å². The Balaban J connectivity index is 2.50. The van der Waals surface area contributed by atoms with Crippen LogP contribution in [-0.2, 0) is 14.3 Å². The van der Waals surface area contributed by atoms with E-state index in [2.05, 4.69) is 0 Å². The Kier molecular flexibility index (Phi) is 4.22. The first-order chi connectivity index (χ1) is 6.29. The van der Waals surface area contributed by atoms with E-state index in [0.717, 1.165) is 25.7 Å². The van der Waals surface area contributed by atoms with E-state index < -0.39 is 0 Å². The van der Waals surface area contributed by atoms with Gasteiger partial charge in [0.05, 0.1) is 19.1 Å². The Morgan fingerprint density at radius 2 is 2.08 bits per heavy atom. The van der Waals surface area contributed by atoms with E-state index in [4.69, 9.17) is 9.47 Å². The van der Waals surface area contributed by atoms with Crippen molar-refractivity contribution >= 4 is 5.97 Å². The summed E-state index contributed by atoms with van der Waals surface area (Å²) in [6.07, 6.45) is 4.28. The molecule has 1 rings (SSSR count). The zero-order valence-electron chi connectivity index (χ0n) is 8.41. The molecule has 1 aliphatic rings. The van der Waals surface area contributed by atoms with Crippen LogP contribution in [0.4, 0.5) is 0 Å². The summed E-state index contributed by atoms with van der Waals surface area (Å²) in [5.74, 6) is -0.142. The van der Waals surface area contributed by atoms with E-state index in [1.807, 2.05) is 6.92 Å². The maximum Gasteiger partial charge on any atom is 0.311 e. The maximum atomic E-state index is 11.3. The smallest absolute Gasteiger partial charge is 0.311 e. The first-order valence-corrected chi connectivity index (χ1v) is 4.99. The largest absolute Gasteiger partial charge is 0.469 e. The molecule has 76 valence electrons. The van der Waals surface area contributed by atoms with Gasteiger partial charge in [0, 0.05) is 6.61 Å². The standard InChI is InChI=1S/C10H18O3/c1-3-13-9-7-5-4-6-8(9)10(11)12-2/h8-9H,3-7H2,1-2H3. The minimum absolute atomic E-state index is 0.0290. The van der Waals surface area contributed by atoms with Crippen molar-refractivity contribution in [2.45, 2.75) is 38.7 Å². The molecule has 0 aliphatic heterocycles. The van der Waals surface area contributed by atoms with Crippen LogP contribution < -0.4 is 0 Å². The Morgan fingerprint density at radius 3 is 2.69 bits per heavy atom. The lowest BCUT2D eigenvalue weighted by atomic mass is 9.86. The summed E-state index contributed by atoms with van der Waals surface area (Å²) in [4.78, 5) is 11.3. The third kappa shape index (κ3) is 2.69. The summed E-state index contributed by atoms with van der Waals surface area (Å²) in [6, 6.07) is 0. The molecule has 2 unspecified atom stereocenters. The van der Waals surface area contributed by atoms with Crippen LogP contribution in [0.1, 0.15) is 32.6 Å². The van der Waals surface area contributed by atoms with Gasteiger partial charge in [-0.3, -0.25) is 4.79 Å². The summed E-state index contributed by atoms with van der Waals surface area (Å²) < 4.78 is 10.3. The summed E-state index contributed by atoms with van der Waals surface area (Å²) in [6.45, 7) is 2.64. The van der Waals surface area contributed by atoms with Gasteiger partial charge in [-0.25, -0.2) is 0 Å². The molecular formula is C10H18O3. The Labute approximate surface area is 79.4 Å². The second-order valence-corrected chi connectivity index (χ2v) is 3.41. The summed E-state index contributed by atoms with van der Waals surface area (Å²) in [5, 5.41) is 0. The number of ether oxygens (including phenoxy) is 2. The van der Waals surface area contributed by atoms with Crippen LogP contribution in [0, 0.1) is 5.92 Å². The van der Waals surface area contributed by atoms with Gasteiger partial charge in [-0.1, -0.05) is 12.8 Å². The lowest BCUT2D eigenvalue weighted by Gasteiger charge is -2.28. The molecular weight excluding hydrogens is 168 g/mol. The number of esters is 1. The van der Waals surface area contributed by atoms with Crippen molar-refractivity contribution in [3.63, 3.8) is 0 Å². The van der Waals surface area contributed by atoms with E-state index >= 15 is 0 Å². The van der Waals surface area contributed by atoms with Crippen molar-refractivity contribution in [1.29, 1.82) is 0 Å². The molecule has 0 amide bonds. The molecule has 1 fully saturated rings. The number of carbonyl (C=O) groups excluding carboxylic acids is 1. The van der Waals surface area contributed by atoms with E-state index in [0.29, 0.717) is 6.61 Å². The fourth-order valence-corrected chi connectivity index (χ4v) is 1.93. The molecule has 1 aliphatic carbocycles. The van der Waals surface area contributed by atoms with Crippen LogP contribution in [0.25, 0.3) is 0 Å². The van der Waals surface area contributed by atoms with Crippen molar-refractivity contribution in [3.8, 4) is 0 Å². The second-order valence-electron chi connectivity index (χ2n) is 3.41. The molecule has 0 bridgehead atoms. The van der Waals surface area contributed by atoms with E-state index in [1.54, 1.807) is 0 Å². The molecule has 0 aromatic heterocycles. The molecule has 1 saturated carbocycles. The Bertz CT molecular complexity index is 166. The van der Waals surface area contributed by atoms with E-state index in [1.165, 1.54) is 7.11 Å². The predicted octanol–water partition coefficient (Wildman–Crippen LogP) is 1.75. The lowest BCUT2D eigenvalue weighted by molar-refractivity contribution is -0.153. The van der Waals surface area contributed by atoms with Gasteiger partial charge < -0.3 is 9.47 Å². The second kappa shape index (κ2) is 5.22. The highest BCUT2D eigenvalue weighted by Crippen LogP contribution is 2.27. The first-order valence-electron chi connectivity index (χ1n) is 4.99. The molecule has 3 nitrogen and oxygen atoms in total. The van der Waals surface area contributed by atoms with Gasteiger partial charge >= 0.3 is 5.97 Å². The molecule has 0 aromatic rings. The minimum Gasteiger partial charge on any atom is -0.469 e. The van der Waals surface area contributed by atoms with Crippen molar-refractivity contribution in [3.05, 3.63) is 0 Å². The minimum atomic E-state index is -0.113. The summed E-state index contributed by atoms with van der Waals surface area (Å²) in [7, 11) is 1.44. The topological polar surface area (TPSA) is 35.5 Å². The van der Waals surface area contributed by atoms with E-state index in [9.17, 15) is 4.79 Å². The van der Waals surface area contributed by atoms with Crippen LogP contribution in [0.2, 0.25) is 0 Å². The van der Waals surface area contributed by atoms with Gasteiger partial charge in [0.2, 0.25) is 0 Å². The van der Waals surface area contributed by atoms with Crippen LogP contribution in [0.3, 0.4) is 0 Å². The average molecular weight is 186 g/mol. The van der Waals surface area contributed by atoms with Gasteiger partial charge in [0.1, 0.15) is 0 Å². The normalized spacial score (nSPS) is 28.5. The Hall–Kier alpha value is -0.570. The van der Waals surface area contributed by atoms with E-state index in [-0.39, 0.29) is 18.0 Å². The number of methoxy groups -OCH3 is 1. The molecule has 0 saturated heterocycles. The van der Waals surface area contributed by atoms with Crippen molar-refractivity contribution in [2.75, 3.05) is 13.7 Å². The van der Waals surface area contributed by atoms with Crippen molar-refractivity contribution in [2.24, 2.45) is 5.92 Å². The van der Waals surface area contributed by atoms with Gasteiger partial charge in [-0.15, -0.1) is 0 Å². The van der Waals surface area contributed by atoms with Crippen molar-refractivity contribution in [1.82, 2.24) is 0 Å². The molecule has 0 spiro atoms. The SMILES string of the molecule is CCOC1CCCCC1C(=O)OC. The number of carbonyl (C=O) groups is 1. The fourth-order valence-electron chi connectivity index (χ4n) is 1.93. The fraction of sp³-hybridized carbons (Fsp3) is 0.900. The molecule has 13 heavy (non-hydrogen) atoms. The van der Waals surface area contributed by atoms with Gasteiger partial charge in [0.25, 0.3) is 0 Å². The first kappa shape index (κ1) is 10.5. The molecule has 0 N–H and O–H groups in total. The van der Waals surface area contributed by atoms with Crippen molar-refractivity contribution < 1.29 is 14.3 Å². The van der Waals surface area contributed by atoms with Gasteiger partial charge in [-0.2, -0.15) is 0 Å². The highest BCUT2D eigenvalue weighted by Gasteiger charge is 2.31. The van der Waals surface area contributed by atoms with Crippen LogP contribution in [0.15, 0.2) is 0 Å². The molecule has 0 radical (unpaired) electrons. The summed E-state index contributed by atoms with van der Waals surface area (Å²) >= 11 is 0. The third-order valence-electron chi connectivity index (χ3n) is 2.59. The molecule has 3 heteroatoms. The number of hydrogen-bond donors (Lipinski definition) is 0. The zero-order valence-corrected chi connectivity index (χ0v) is 8.41. The Morgan fingerprint density at radius 1 is 1.38 bits per heavy atom. The molecule has 0 aromatic carbocycles. The van der Waals surface area contributed by atoms with Crippen LogP contribution >= 0.6 is 0 Å². The number of hydrogen-bond acceptors (Lipinski definition) is 3.